The lowest BCUT2D eigenvalue weighted by Crippen LogP contribution is -2.43. The Morgan fingerprint density at radius 1 is 1.09 bits per heavy atom. The number of sulfonamides is 1. The van der Waals surface area contributed by atoms with Crippen LogP contribution in [0.1, 0.15) is 18.4 Å². The van der Waals surface area contributed by atoms with E-state index in [1.807, 2.05) is 0 Å². The highest BCUT2D eigenvalue weighted by Crippen LogP contribution is 2.33. The molecule has 0 unspecified atom stereocenters. The van der Waals surface area contributed by atoms with Crippen molar-refractivity contribution in [3.63, 3.8) is 0 Å². The minimum atomic E-state index is -4.53. The molecule has 0 radical (unpaired) electrons. The van der Waals surface area contributed by atoms with Crippen LogP contribution in [0, 0.1) is 5.92 Å². The van der Waals surface area contributed by atoms with Crippen molar-refractivity contribution in [1.29, 1.82) is 0 Å². The lowest BCUT2D eigenvalue weighted by atomic mass is 9.98. The Morgan fingerprint density at radius 2 is 1.81 bits per heavy atom. The molecule has 0 bridgehead atoms. The minimum absolute atomic E-state index is 0.00435. The van der Waals surface area contributed by atoms with Crippen molar-refractivity contribution < 1.29 is 35.9 Å². The minimum Gasteiger partial charge on any atom is -0.493 e. The standard InChI is InChI=1S/C21H23F3N2O5S/c1-30-18-9-8-17(12-19(18)31-2)32(28,29)26-10-4-5-14(13-26)20(27)25-16-7-3-6-15(11-16)21(22,23)24/h3,6-9,11-12,14H,4-5,10,13H2,1-2H3,(H,25,27)/t14-/m1/s1. The second kappa shape index (κ2) is 9.37. The fourth-order valence-electron chi connectivity index (χ4n) is 3.52. The number of amides is 1. The van der Waals surface area contributed by atoms with E-state index in [-0.39, 0.29) is 29.4 Å². The maximum atomic E-state index is 13.1. The van der Waals surface area contributed by atoms with Crippen molar-refractivity contribution in [2.45, 2.75) is 23.9 Å². The fourth-order valence-corrected chi connectivity index (χ4v) is 5.06. The molecule has 0 spiro atoms. The monoisotopic (exact) mass is 472 g/mol. The van der Waals surface area contributed by atoms with Crippen LogP contribution in [0.25, 0.3) is 0 Å². The van der Waals surface area contributed by atoms with Crippen molar-refractivity contribution >= 4 is 21.6 Å². The fraction of sp³-hybridized carbons (Fsp3) is 0.381. The number of ether oxygens (including phenoxy) is 2. The number of hydrogen-bond acceptors (Lipinski definition) is 5. The normalized spacial score (nSPS) is 17.6. The summed E-state index contributed by atoms with van der Waals surface area (Å²) in [6.07, 6.45) is -3.67. The molecule has 0 saturated carbocycles. The van der Waals surface area contributed by atoms with Gasteiger partial charge in [-0.25, -0.2) is 8.42 Å². The largest absolute Gasteiger partial charge is 0.493 e. The number of carbonyl (C=O) groups excluding carboxylic acids is 1. The average molecular weight is 472 g/mol. The molecule has 1 aliphatic heterocycles. The van der Waals surface area contributed by atoms with E-state index >= 15 is 0 Å². The summed E-state index contributed by atoms with van der Waals surface area (Å²) in [4.78, 5) is 12.7. The summed E-state index contributed by atoms with van der Waals surface area (Å²) in [5, 5.41) is 2.47. The van der Waals surface area contributed by atoms with Crippen LogP contribution >= 0.6 is 0 Å². The van der Waals surface area contributed by atoms with Gasteiger partial charge in [0.1, 0.15) is 0 Å². The smallest absolute Gasteiger partial charge is 0.416 e. The SMILES string of the molecule is COc1ccc(S(=O)(=O)N2CCC[C@@H](C(=O)Nc3cccc(C(F)(F)F)c3)C2)cc1OC. The van der Waals surface area contributed by atoms with E-state index in [1.54, 1.807) is 0 Å². The van der Waals surface area contributed by atoms with Crippen LogP contribution in [0.15, 0.2) is 47.4 Å². The zero-order valence-corrected chi connectivity index (χ0v) is 18.3. The third kappa shape index (κ3) is 5.16. The molecule has 1 N–H and O–H groups in total. The van der Waals surface area contributed by atoms with Crippen LogP contribution < -0.4 is 14.8 Å². The van der Waals surface area contributed by atoms with Gasteiger partial charge in [0, 0.05) is 24.8 Å². The summed E-state index contributed by atoms with van der Waals surface area (Å²) in [5.41, 5.74) is -0.874. The average Bonchev–Trinajstić information content (AvgIpc) is 2.78. The van der Waals surface area contributed by atoms with E-state index < -0.39 is 33.6 Å². The molecule has 1 aliphatic rings. The molecule has 1 fully saturated rings. The maximum absolute atomic E-state index is 13.1. The summed E-state index contributed by atoms with van der Waals surface area (Å²) in [7, 11) is -1.09. The van der Waals surface area contributed by atoms with Gasteiger partial charge in [0.05, 0.1) is 30.6 Å². The van der Waals surface area contributed by atoms with Crippen molar-refractivity contribution in [2.24, 2.45) is 5.92 Å². The summed E-state index contributed by atoms with van der Waals surface area (Å²) in [6, 6.07) is 8.53. The van der Waals surface area contributed by atoms with Gasteiger partial charge in [-0.15, -0.1) is 0 Å². The number of benzene rings is 2. The first kappa shape index (κ1) is 23.9. The summed E-state index contributed by atoms with van der Waals surface area (Å²) in [5.74, 6) is -0.599. The predicted molar refractivity (Wildman–Crippen MR) is 111 cm³/mol. The molecule has 174 valence electrons. The molecular formula is C21H23F3N2O5S. The molecule has 1 saturated heterocycles. The van der Waals surface area contributed by atoms with Crippen LogP contribution in [-0.4, -0.2) is 45.9 Å². The number of rotatable bonds is 6. The number of methoxy groups -OCH3 is 2. The first-order chi connectivity index (χ1) is 15.1. The quantitative estimate of drug-likeness (QED) is 0.692. The number of alkyl halides is 3. The number of anilines is 1. The molecule has 1 heterocycles. The van der Waals surface area contributed by atoms with E-state index in [1.165, 1.54) is 48.9 Å². The van der Waals surface area contributed by atoms with Crippen LogP contribution in [0.2, 0.25) is 0 Å². The molecule has 1 amide bonds. The van der Waals surface area contributed by atoms with E-state index in [0.717, 1.165) is 12.1 Å². The van der Waals surface area contributed by atoms with E-state index in [0.29, 0.717) is 18.6 Å². The lowest BCUT2D eigenvalue weighted by Gasteiger charge is -2.31. The van der Waals surface area contributed by atoms with Gasteiger partial charge in [-0.3, -0.25) is 4.79 Å². The molecule has 7 nitrogen and oxygen atoms in total. The number of nitrogens with one attached hydrogen (secondary N) is 1. The first-order valence-corrected chi connectivity index (χ1v) is 11.2. The van der Waals surface area contributed by atoms with Crippen LogP contribution in [0.3, 0.4) is 0 Å². The van der Waals surface area contributed by atoms with Gasteiger partial charge in [0.2, 0.25) is 15.9 Å². The highest BCUT2D eigenvalue weighted by atomic mass is 32.2. The highest BCUT2D eigenvalue weighted by molar-refractivity contribution is 7.89. The second-order valence-electron chi connectivity index (χ2n) is 7.29. The van der Waals surface area contributed by atoms with Gasteiger partial charge in [0.15, 0.2) is 11.5 Å². The van der Waals surface area contributed by atoms with Crippen LogP contribution in [-0.2, 0) is 21.0 Å². The van der Waals surface area contributed by atoms with Gasteiger partial charge >= 0.3 is 6.18 Å². The first-order valence-electron chi connectivity index (χ1n) is 9.76. The Hall–Kier alpha value is -2.79. The molecule has 32 heavy (non-hydrogen) atoms. The Bertz CT molecular complexity index is 1090. The van der Waals surface area contributed by atoms with Crippen molar-refractivity contribution in [3.8, 4) is 11.5 Å². The lowest BCUT2D eigenvalue weighted by molar-refractivity contribution is -0.137. The van der Waals surface area contributed by atoms with Gasteiger partial charge in [-0.05, 0) is 43.2 Å². The third-order valence-corrected chi connectivity index (χ3v) is 7.07. The Labute approximate surface area is 184 Å². The van der Waals surface area contributed by atoms with Gasteiger partial charge in [0.25, 0.3) is 0 Å². The Kier molecular flexibility index (Phi) is 6.99. The topological polar surface area (TPSA) is 84.9 Å². The molecular weight excluding hydrogens is 449 g/mol. The third-order valence-electron chi connectivity index (χ3n) is 5.21. The number of halogens is 3. The second-order valence-corrected chi connectivity index (χ2v) is 9.22. The zero-order chi connectivity index (χ0) is 23.5. The van der Waals surface area contributed by atoms with Crippen LogP contribution in [0.4, 0.5) is 18.9 Å². The Morgan fingerprint density at radius 3 is 2.47 bits per heavy atom. The van der Waals surface area contributed by atoms with E-state index in [9.17, 15) is 26.4 Å². The van der Waals surface area contributed by atoms with Crippen molar-refractivity contribution in [1.82, 2.24) is 4.31 Å². The molecule has 1 atom stereocenters. The number of piperidine rings is 1. The zero-order valence-electron chi connectivity index (χ0n) is 17.5. The highest BCUT2D eigenvalue weighted by Gasteiger charge is 2.34. The molecule has 0 aromatic heterocycles. The molecule has 11 heteroatoms. The molecule has 2 aromatic carbocycles. The summed E-state index contributed by atoms with van der Waals surface area (Å²) in [6.45, 7) is 0.144. The molecule has 3 rings (SSSR count). The molecule has 0 aliphatic carbocycles. The van der Waals surface area contributed by atoms with Gasteiger partial charge in [-0.1, -0.05) is 6.07 Å². The molecule has 2 aromatic rings. The number of nitrogens with zero attached hydrogens (tertiary/aromatic N) is 1. The van der Waals surface area contributed by atoms with Gasteiger partial charge < -0.3 is 14.8 Å². The summed E-state index contributed by atoms with van der Waals surface area (Å²) < 4.78 is 76.4. The van der Waals surface area contributed by atoms with Crippen molar-refractivity contribution in [3.05, 3.63) is 48.0 Å². The van der Waals surface area contributed by atoms with E-state index in [4.69, 9.17) is 9.47 Å². The predicted octanol–water partition coefficient (Wildman–Crippen LogP) is 3.76. The van der Waals surface area contributed by atoms with Crippen LogP contribution in [0.5, 0.6) is 11.5 Å². The van der Waals surface area contributed by atoms with E-state index in [2.05, 4.69) is 5.32 Å². The maximum Gasteiger partial charge on any atom is 0.416 e. The van der Waals surface area contributed by atoms with Crippen molar-refractivity contribution in [2.75, 3.05) is 32.6 Å². The summed E-state index contributed by atoms with van der Waals surface area (Å²) >= 11 is 0. The van der Waals surface area contributed by atoms with Gasteiger partial charge in [-0.2, -0.15) is 17.5 Å². The number of hydrogen-bond donors (Lipinski definition) is 1. The Balaban J connectivity index is 1.75. The number of carbonyl (C=O) groups is 1.